The topological polar surface area (TPSA) is 70.1 Å². The second-order valence-electron chi connectivity index (χ2n) is 9.90. The molecule has 1 aliphatic rings. The molecule has 0 amide bonds. The number of piperazine rings is 1. The lowest BCUT2D eigenvalue weighted by Gasteiger charge is -2.49. The van der Waals surface area contributed by atoms with E-state index < -0.39 is 0 Å². The first-order valence-electron chi connectivity index (χ1n) is 12.9. The van der Waals surface area contributed by atoms with E-state index in [4.69, 9.17) is 5.10 Å². The molecular weight excluding hydrogens is 448 g/mol. The van der Waals surface area contributed by atoms with Crippen LogP contribution in [0, 0.1) is 11.3 Å². The number of pyridine rings is 1. The molecule has 5 rings (SSSR count). The molecule has 4 aromatic rings. The van der Waals surface area contributed by atoms with Crippen LogP contribution in [0.3, 0.4) is 0 Å². The number of benzene rings is 2. The van der Waals surface area contributed by atoms with Crippen LogP contribution in [0.25, 0.3) is 21.8 Å². The van der Waals surface area contributed by atoms with E-state index in [9.17, 15) is 10.1 Å². The zero-order valence-corrected chi connectivity index (χ0v) is 21.6. The first-order chi connectivity index (χ1) is 17.4. The summed E-state index contributed by atoms with van der Waals surface area (Å²) in [5.74, 6) is 0. The molecule has 1 saturated heterocycles. The van der Waals surface area contributed by atoms with Crippen LogP contribution >= 0.6 is 0 Å². The van der Waals surface area contributed by atoms with Gasteiger partial charge >= 0.3 is 0 Å². The third-order valence-electron chi connectivity index (χ3n) is 7.91. The molecule has 0 radical (unpaired) electrons. The molecule has 7 nitrogen and oxygen atoms in total. The Bertz CT molecular complexity index is 1500. The molecule has 0 saturated carbocycles. The van der Waals surface area contributed by atoms with Crippen LogP contribution in [0.2, 0.25) is 0 Å². The van der Waals surface area contributed by atoms with Crippen molar-refractivity contribution in [2.45, 2.75) is 58.3 Å². The van der Waals surface area contributed by atoms with Crippen LogP contribution < -0.4 is 10.5 Å². The summed E-state index contributed by atoms with van der Waals surface area (Å²) in [6, 6.07) is 20.1. The minimum atomic E-state index is -0.0520. The lowest BCUT2D eigenvalue weighted by Crippen LogP contribution is -2.58. The smallest absolute Gasteiger partial charge is 0.252 e. The zero-order chi connectivity index (χ0) is 25.4. The van der Waals surface area contributed by atoms with Gasteiger partial charge in [-0.25, -0.2) is 0 Å². The highest BCUT2D eigenvalue weighted by atomic mass is 16.1. The highest BCUT2D eigenvalue weighted by molar-refractivity contribution is 5.88. The average molecular weight is 483 g/mol. The first kappa shape index (κ1) is 24.1. The molecule has 7 heteroatoms. The van der Waals surface area contributed by atoms with Crippen molar-refractivity contribution in [1.82, 2.24) is 19.2 Å². The molecule has 186 valence electrons. The van der Waals surface area contributed by atoms with Gasteiger partial charge in [-0.1, -0.05) is 50.2 Å². The minimum absolute atomic E-state index is 0.0520. The molecule has 0 N–H and O–H groups in total. The molecular formula is C29H34N6O. The zero-order valence-electron chi connectivity index (χ0n) is 21.6. The number of rotatable bonds is 6. The van der Waals surface area contributed by atoms with Gasteiger partial charge < -0.3 is 9.47 Å². The summed E-state index contributed by atoms with van der Waals surface area (Å²) in [6.45, 7) is 8.69. The maximum atomic E-state index is 12.9. The molecule has 2 aromatic carbocycles. The molecule has 0 bridgehead atoms. The summed E-state index contributed by atoms with van der Waals surface area (Å²) in [4.78, 5) is 17.9. The molecule has 2 aromatic heterocycles. The normalized spacial score (nSPS) is 19.6. The summed E-state index contributed by atoms with van der Waals surface area (Å²) in [6.07, 6.45) is 3.79. The number of anilines is 1. The summed E-state index contributed by atoms with van der Waals surface area (Å²) in [5, 5.41) is 16.4. The van der Waals surface area contributed by atoms with Crippen LogP contribution in [0.15, 0.2) is 59.5 Å². The lowest BCUT2D eigenvalue weighted by molar-refractivity contribution is 0.101. The van der Waals surface area contributed by atoms with Crippen molar-refractivity contribution in [2.75, 3.05) is 18.0 Å². The summed E-state index contributed by atoms with van der Waals surface area (Å²) >= 11 is 0. The maximum Gasteiger partial charge on any atom is 0.252 e. The third-order valence-corrected chi connectivity index (χ3v) is 7.91. The number of fused-ring (bicyclic) bond motifs is 2. The Morgan fingerprint density at radius 3 is 2.53 bits per heavy atom. The van der Waals surface area contributed by atoms with E-state index in [0.717, 1.165) is 42.7 Å². The van der Waals surface area contributed by atoms with Crippen molar-refractivity contribution in [1.29, 1.82) is 5.26 Å². The predicted molar refractivity (Wildman–Crippen MR) is 145 cm³/mol. The minimum Gasteiger partial charge on any atom is -0.364 e. The number of hydrogen-bond donors (Lipinski definition) is 0. The second-order valence-corrected chi connectivity index (χ2v) is 9.90. The molecule has 3 heterocycles. The maximum absolute atomic E-state index is 12.9. The van der Waals surface area contributed by atoms with Crippen molar-refractivity contribution in [3.05, 3.63) is 70.6 Å². The Hall–Kier alpha value is -3.63. The monoisotopic (exact) mass is 482 g/mol. The highest BCUT2D eigenvalue weighted by Gasteiger charge is 2.36. The van der Waals surface area contributed by atoms with Gasteiger partial charge in [-0.3, -0.25) is 14.4 Å². The van der Waals surface area contributed by atoms with Gasteiger partial charge in [0.1, 0.15) is 12.1 Å². The molecule has 1 unspecified atom stereocenters. The van der Waals surface area contributed by atoms with E-state index in [0.29, 0.717) is 6.04 Å². The Labute approximate surface area is 212 Å². The first-order valence-corrected chi connectivity index (χ1v) is 12.9. The SMILES string of the molecule is CC[C@H]1CN(C(C)c2ccc3ccccc3c2)[C@H](CC)CN1c1cc(=O)n(C)c2cn(CC#N)nc12. The number of aryl methyl sites for hydroxylation is 1. The van der Waals surface area contributed by atoms with Crippen molar-refractivity contribution >= 4 is 27.5 Å². The van der Waals surface area contributed by atoms with Gasteiger partial charge in [-0.15, -0.1) is 0 Å². The van der Waals surface area contributed by atoms with Crippen molar-refractivity contribution in [3.63, 3.8) is 0 Å². The molecule has 0 aliphatic carbocycles. The van der Waals surface area contributed by atoms with Gasteiger partial charge in [0.15, 0.2) is 0 Å². The summed E-state index contributed by atoms with van der Waals surface area (Å²) in [5.41, 5.74) is 3.72. The molecule has 36 heavy (non-hydrogen) atoms. The van der Waals surface area contributed by atoms with Crippen LogP contribution in [0.5, 0.6) is 0 Å². The van der Waals surface area contributed by atoms with Crippen molar-refractivity contribution in [3.8, 4) is 6.07 Å². The lowest BCUT2D eigenvalue weighted by atomic mass is 9.95. The van der Waals surface area contributed by atoms with Gasteiger partial charge in [0.25, 0.3) is 5.56 Å². The van der Waals surface area contributed by atoms with E-state index in [-0.39, 0.29) is 24.2 Å². The van der Waals surface area contributed by atoms with Gasteiger partial charge in [0.2, 0.25) is 0 Å². The van der Waals surface area contributed by atoms with E-state index in [1.165, 1.54) is 16.3 Å². The van der Waals surface area contributed by atoms with Crippen molar-refractivity contribution in [2.24, 2.45) is 7.05 Å². The van der Waals surface area contributed by atoms with E-state index in [2.05, 4.69) is 79.1 Å². The van der Waals surface area contributed by atoms with E-state index >= 15 is 0 Å². The fraction of sp³-hybridized carbons (Fsp3) is 0.414. The predicted octanol–water partition coefficient (Wildman–Crippen LogP) is 4.85. The largest absolute Gasteiger partial charge is 0.364 e. The fourth-order valence-corrected chi connectivity index (χ4v) is 5.73. The average Bonchev–Trinajstić information content (AvgIpc) is 3.33. The third kappa shape index (κ3) is 4.16. The second kappa shape index (κ2) is 9.79. The van der Waals surface area contributed by atoms with Gasteiger partial charge in [0, 0.05) is 44.3 Å². The number of hydrogen-bond acceptors (Lipinski definition) is 5. The number of aromatic nitrogens is 3. The molecule has 1 fully saturated rings. The van der Waals surface area contributed by atoms with Gasteiger partial charge in [0.05, 0.1) is 23.5 Å². The van der Waals surface area contributed by atoms with Crippen LogP contribution in [0.1, 0.15) is 45.2 Å². The Kier molecular flexibility index (Phi) is 6.55. The molecule has 3 atom stereocenters. The Morgan fingerprint density at radius 1 is 1.06 bits per heavy atom. The number of nitrogens with zero attached hydrogens (tertiary/aromatic N) is 6. The van der Waals surface area contributed by atoms with E-state index in [1.807, 2.05) is 0 Å². The summed E-state index contributed by atoms with van der Waals surface area (Å²) < 4.78 is 3.25. The number of nitriles is 1. The highest BCUT2D eigenvalue weighted by Crippen LogP contribution is 2.35. The molecule has 1 aliphatic heterocycles. The Morgan fingerprint density at radius 2 is 1.81 bits per heavy atom. The van der Waals surface area contributed by atoms with Crippen LogP contribution in [-0.4, -0.2) is 44.4 Å². The van der Waals surface area contributed by atoms with Gasteiger partial charge in [-0.2, -0.15) is 10.4 Å². The van der Waals surface area contributed by atoms with Crippen LogP contribution in [-0.2, 0) is 13.6 Å². The van der Waals surface area contributed by atoms with Gasteiger partial charge in [-0.05, 0) is 42.2 Å². The summed E-state index contributed by atoms with van der Waals surface area (Å²) in [7, 11) is 1.77. The Balaban J connectivity index is 1.51. The van der Waals surface area contributed by atoms with Crippen molar-refractivity contribution < 1.29 is 0 Å². The fourth-order valence-electron chi connectivity index (χ4n) is 5.73. The van der Waals surface area contributed by atoms with Crippen LogP contribution in [0.4, 0.5) is 5.69 Å². The van der Waals surface area contributed by atoms with E-state index in [1.54, 1.807) is 28.6 Å². The quantitative estimate of drug-likeness (QED) is 0.393. The standard InChI is InChI=1S/C29H34N6O/c1-5-24-18-35(26-16-28(36)32(4)27-19-33(14-13-30)31-29(26)27)25(6-2)17-34(24)20(3)22-12-11-21-9-7-8-10-23(21)15-22/h7-12,15-16,19-20,24-25H,5-6,14,17-18H2,1-4H3/t20?,24-,25+/m1/s1. The molecule has 0 spiro atoms.